The van der Waals surface area contributed by atoms with Crippen molar-refractivity contribution in [1.82, 2.24) is 10.2 Å². The molecule has 144 valence electrons. The number of benzene rings is 2. The lowest BCUT2D eigenvalue weighted by atomic mass is 10.0. The molecule has 0 aliphatic heterocycles. The Morgan fingerprint density at radius 1 is 0.964 bits per heavy atom. The maximum Gasteiger partial charge on any atom is 0.416 e. The number of carbonyl (C=O) groups is 1. The van der Waals surface area contributed by atoms with E-state index in [4.69, 9.17) is 4.74 Å². The molecule has 0 bridgehead atoms. The highest BCUT2D eigenvalue weighted by Crippen LogP contribution is 2.33. The fourth-order valence-corrected chi connectivity index (χ4v) is 2.50. The van der Waals surface area contributed by atoms with Crippen LogP contribution in [0, 0.1) is 5.82 Å². The third-order valence-corrected chi connectivity index (χ3v) is 3.93. The highest BCUT2D eigenvalue weighted by atomic mass is 19.4. The SMILES string of the molecule is O=C(Cc1ccnnc1)c1cc(C(F)(F)F)ccc1OCc1ccc(F)cc1. The summed E-state index contributed by atoms with van der Waals surface area (Å²) in [5.74, 6) is -0.947. The van der Waals surface area contributed by atoms with Gasteiger partial charge >= 0.3 is 6.18 Å². The standard InChI is InChI=1S/C20H14F4N2O2/c21-16-4-1-13(2-5-16)12-28-19-6-3-15(20(22,23)24)10-17(19)18(27)9-14-7-8-25-26-11-14/h1-8,10-11H,9,12H2. The van der Waals surface area contributed by atoms with E-state index in [0.717, 1.165) is 18.2 Å². The Labute approximate surface area is 157 Å². The molecule has 3 rings (SSSR count). The van der Waals surface area contributed by atoms with Crippen LogP contribution in [0.4, 0.5) is 17.6 Å². The van der Waals surface area contributed by atoms with E-state index in [1.807, 2.05) is 0 Å². The zero-order valence-electron chi connectivity index (χ0n) is 14.4. The number of carbonyl (C=O) groups excluding carboxylic acids is 1. The number of halogens is 4. The molecule has 0 unspecified atom stereocenters. The molecule has 0 saturated carbocycles. The Bertz CT molecular complexity index is 958. The number of Topliss-reactive ketones (excluding diaryl/α,β-unsaturated/α-hetero) is 1. The predicted octanol–water partition coefficient (Wildman–Crippen LogP) is 4.64. The van der Waals surface area contributed by atoms with Gasteiger partial charge in [-0.25, -0.2) is 4.39 Å². The quantitative estimate of drug-likeness (QED) is 0.455. The summed E-state index contributed by atoms with van der Waals surface area (Å²) in [4.78, 5) is 12.6. The van der Waals surface area contributed by atoms with Crippen LogP contribution in [0.1, 0.15) is 27.0 Å². The van der Waals surface area contributed by atoms with Crippen molar-refractivity contribution in [2.45, 2.75) is 19.2 Å². The molecule has 0 aliphatic carbocycles. The summed E-state index contributed by atoms with van der Waals surface area (Å²) in [6.07, 6.45) is -1.99. The van der Waals surface area contributed by atoms with Gasteiger partial charge in [0.1, 0.15) is 18.2 Å². The first-order valence-electron chi connectivity index (χ1n) is 8.20. The average molecular weight is 390 g/mol. The zero-order valence-corrected chi connectivity index (χ0v) is 14.4. The maximum absolute atomic E-state index is 13.1. The van der Waals surface area contributed by atoms with Gasteiger partial charge in [-0.2, -0.15) is 23.4 Å². The van der Waals surface area contributed by atoms with Gasteiger partial charge in [-0.15, -0.1) is 0 Å². The van der Waals surface area contributed by atoms with Crippen molar-refractivity contribution in [3.05, 3.63) is 89.0 Å². The van der Waals surface area contributed by atoms with E-state index >= 15 is 0 Å². The van der Waals surface area contributed by atoms with Gasteiger partial charge in [-0.3, -0.25) is 4.79 Å². The number of nitrogens with zero attached hydrogens (tertiary/aromatic N) is 2. The van der Waals surface area contributed by atoms with Crippen LogP contribution in [0.2, 0.25) is 0 Å². The third-order valence-electron chi connectivity index (χ3n) is 3.93. The first kappa shape index (κ1) is 19.5. The number of rotatable bonds is 6. The molecule has 3 aromatic rings. The Morgan fingerprint density at radius 2 is 1.71 bits per heavy atom. The smallest absolute Gasteiger partial charge is 0.416 e. The van der Waals surface area contributed by atoms with Gasteiger partial charge in [0.15, 0.2) is 5.78 Å². The molecule has 4 nitrogen and oxygen atoms in total. The zero-order chi connectivity index (χ0) is 20.1. The van der Waals surface area contributed by atoms with Crippen molar-refractivity contribution in [3.63, 3.8) is 0 Å². The van der Waals surface area contributed by atoms with Gasteiger partial charge < -0.3 is 4.74 Å². The minimum Gasteiger partial charge on any atom is -0.488 e. The first-order valence-corrected chi connectivity index (χ1v) is 8.20. The number of ketones is 1. The van der Waals surface area contributed by atoms with E-state index in [0.29, 0.717) is 11.1 Å². The number of hydrogen-bond acceptors (Lipinski definition) is 4. The summed E-state index contributed by atoms with van der Waals surface area (Å²) >= 11 is 0. The summed E-state index contributed by atoms with van der Waals surface area (Å²) in [6.45, 7) is -0.0251. The lowest BCUT2D eigenvalue weighted by molar-refractivity contribution is -0.137. The number of alkyl halides is 3. The van der Waals surface area contributed by atoms with Crippen molar-refractivity contribution >= 4 is 5.78 Å². The Hall–Kier alpha value is -3.29. The molecule has 0 N–H and O–H groups in total. The van der Waals surface area contributed by atoms with Crippen molar-refractivity contribution in [1.29, 1.82) is 0 Å². The molecule has 0 amide bonds. The van der Waals surface area contributed by atoms with Crippen LogP contribution in [-0.2, 0) is 19.2 Å². The van der Waals surface area contributed by atoms with Crippen molar-refractivity contribution in [2.75, 3.05) is 0 Å². The fraction of sp³-hybridized carbons (Fsp3) is 0.150. The van der Waals surface area contributed by atoms with Crippen LogP contribution in [0.15, 0.2) is 60.9 Å². The molecule has 8 heteroatoms. The van der Waals surface area contributed by atoms with Crippen molar-refractivity contribution < 1.29 is 27.1 Å². The molecule has 0 fully saturated rings. The normalized spacial score (nSPS) is 11.3. The lowest BCUT2D eigenvalue weighted by Crippen LogP contribution is -2.11. The maximum atomic E-state index is 13.1. The van der Waals surface area contributed by atoms with E-state index in [1.54, 1.807) is 6.07 Å². The number of ether oxygens (including phenoxy) is 1. The topological polar surface area (TPSA) is 52.1 Å². The summed E-state index contributed by atoms with van der Waals surface area (Å²) in [5.41, 5.74) is -0.00786. The molecule has 0 aliphatic rings. The molecular weight excluding hydrogens is 376 g/mol. The molecule has 1 aromatic heterocycles. The number of aromatic nitrogens is 2. The molecule has 0 radical (unpaired) electrons. The van der Waals surface area contributed by atoms with Crippen LogP contribution < -0.4 is 4.74 Å². The highest BCUT2D eigenvalue weighted by Gasteiger charge is 2.32. The van der Waals surface area contributed by atoms with Gasteiger partial charge in [0.05, 0.1) is 17.3 Å². The minimum absolute atomic E-state index is 0.0179. The second-order valence-electron chi connectivity index (χ2n) is 5.97. The van der Waals surface area contributed by atoms with Gasteiger partial charge in [0.2, 0.25) is 0 Å². The van der Waals surface area contributed by atoms with E-state index in [1.165, 1.54) is 36.7 Å². The predicted molar refractivity (Wildman–Crippen MR) is 92.2 cm³/mol. The van der Waals surface area contributed by atoms with Crippen molar-refractivity contribution in [3.8, 4) is 5.75 Å². The minimum atomic E-state index is -4.59. The Morgan fingerprint density at radius 3 is 2.36 bits per heavy atom. The van der Waals surface area contributed by atoms with Crippen LogP contribution in [0.3, 0.4) is 0 Å². The molecule has 0 atom stereocenters. The second kappa shape index (κ2) is 8.16. The van der Waals surface area contributed by atoms with Gasteiger partial charge in [-0.1, -0.05) is 12.1 Å². The monoisotopic (exact) mass is 390 g/mol. The average Bonchev–Trinajstić information content (AvgIpc) is 2.67. The summed E-state index contributed by atoms with van der Waals surface area (Å²) in [7, 11) is 0. The Kier molecular flexibility index (Phi) is 5.67. The largest absolute Gasteiger partial charge is 0.488 e. The summed E-state index contributed by atoms with van der Waals surface area (Å²) < 4.78 is 57.8. The van der Waals surface area contributed by atoms with E-state index < -0.39 is 23.3 Å². The molecule has 0 saturated heterocycles. The van der Waals surface area contributed by atoms with Gasteiger partial charge in [0, 0.05) is 12.6 Å². The molecule has 28 heavy (non-hydrogen) atoms. The third kappa shape index (κ3) is 4.91. The molecule has 0 spiro atoms. The van der Waals surface area contributed by atoms with Crippen LogP contribution >= 0.6 is 0 Å². The van der Waals surface area contributed by atoms with Gasteiger partial charge in [-0.05, 0) is 47.5 Å². The van der Waals surface area contributed by atoms with Crippen molar-refractivity contribution in [2.24, 2.45) is 0 Å². The van der Waals surface area contributed by atoms with Crippen LogP contribution in [0.5, 0.6) is 5.75 Å². The summed E-state index contributed by atoms with van der Waals surface area (Å²) in [6, 6.07) is 9.76. The highest BCUT2D eigenvalue weighted by molar-refractivity contribution is 6.00. The Balaban J connectivity index is 1.87. The van der Waals surface area contributed by atoms with E-state index in [2.05, 4.69) is 10.2 Å². The van der Waals surface area contributed by atoms with Gasteiger partial charge in [0.25, 0.3) is 0 Å². The molecular formula is C20H14F4N2O2. The van der Waals surface area contributed by atoms with E-state index in [-0.39, 0.29) is 24.3 Å². The van der Waals surface area contributed by atoms with Crippen LogP contribution in [-0.4, -0.2) is 16.0 Å². The lowest BCUT2D eigenvalue weighted by Gasteiger charge is -2.14. The van der Waals surface area contributed by atoms with Crippen LogP contribution in [0.25, 0.3) is 0 Å². The number of hydrogen-bond donors (Lipinski definition) is 0. The molecule has 2 aromatic carbocycles. The fourth-order valence-electron chi connectivity index (χ4n) is 2.50. The summed E-state index contributed by atoms with van der Waals surface area (Å²) in [5, 5.41) is 7.25. The molecule has 1 heterocycles. The first-order chi connectivity index (χ1) is 13.3. The van der Waals surface area contributed by atoms with E-state index in [9.17, 15) is 22.4 Å². The second-order valence-corrected chi connectivity index (χ2v) is 5.97.